The SMILES string of the molecule is CC.CC#C/C=C(\C=C/CCl)C1C(c2ccc(C)cc2)N=C(c2ccc(C(F)(F)F)cc2OCC)N1C(=O)NCCCCCNC. The third-order valence-electron chi connectivity index (χ3n) is 7.06. The van der Waals surface area contributed by atoms with E-state index in [1.807, 2.05) is 58.2 Å². The molecule has 1 aliphatic heterocycles. The van der Waals surface area contributed by atoms with Gasteiger partial charge in [-0.15, -0.1) is 17.5 Å². The Morgan fingerprint density at radius 2 is 1.80 bits per heavy atom. The minimum atomic E-state index is -4.57. The van der Waals surface area contributed by atoms with Crippen LogP contribution in [0.15, 0.2) is 71.3 Å². The van der Waals surface area contributed by atoms with Gasteiger partial charge >= 0.3 is 12.2 Å². The van der Waals surface area contributed by atoms with E-state index in [-0.39, 0.29) is 29.6 Å². The van der Waals surface area contributed by atoms with Gasteiger partial charge in [0.1, 0.15) is 17.6 Å². The molecule has 2 unspecified atom stereocenters. The molecule has 2 aromatic rings. The standard InChI is InChI=1S/C34H40ClF3N4O2.C2H6/c1-5-7-12-26(13-11-20-35)31-30(25-16-14-24(3)15-17-25)41-32(42(31)33(43)40-22-10-8-9-21-39-4)28-19-18-27(34(36,37)38)23-29(28)44-6-2;1-2/h11-19,23,30-31,39H,6,8-10,20-22H2,1-4H3,(H,40,43);1-2H3/b13-11-,26-12+;. The number of hydrogen-bond donors (Lipinski definition) is 2. The molecule has 0 spiro atoms. The molecule has 250 valence electrons. The molecule has 0 fully saturated rings. The van der Waals surface area contributed by atoms with Crippen molar-refractivity contribution in [2.75, 3.05) is 32.6 Å². The lowest BCUT2D eigenvalue weighted by Gasteiger charge is -2.30. The van der Waals surface area contributed by atoms with E-state index in [2.05, 4.69) is 22.5 Å². The number of nitrogens with zero attached hydrogens (tertiary/aromatic N) is 2. The molecule has 0 saturated carbocycles. The van der Waals surface area contributed by atoms with Gasteiger partial charge < -0.3 is 15.4 Å². The number of benzene rings is 2. The van der Waals surface area contributed by atoms with Crippen molar-refractivity contribution in [1.29, 1.82) is 0 Å². The van der Waals surface area contributed by atoms with E-state index >= 15 is 0 Å². The van der Waals surface area contributed by atoms with Crippen molar-refractivity contribution in [3.8, 4) is 17.6 Å². The van der Waals surface area contributed by atoms with Crippen LogP contribution in [0.5, 0.6) is 5.75 Å². The number of nitrogens with one attached hydrogen (secondary N) is 2. The van der Waals surface area contributed by atoms with Crippen LogP contribution in [0.1, 0.15) is 75.3 Å². The number of amides is 2. The number of halogens is 4. The Hall–Kier alpha value is -3.74. The normalized spacial score (nSPS) is 16.3. The summed E-state index contributed by atoms with van der Waals surface area (Å²) in [4.78, 5) is 20.7. The quantitative estimate of drug-likeness (QED) is 0.0982. The third kappa shape index (κ3) is 10.7. The summed E-state index contributed by atoms with van der Waals surface area (Å²) >= 11 is 6.02. The zero-order valence-corrected chi connectivity index (χ0v) is 28.4. The van der Waals surface area contributed by atoms with Crippen LogP contribution in [0.3, 0.4) is 0 Å². The summed E-state index contributed by atoms with van der Waals surface area (Å²) in [5, 5.41) is 6.13. The average Bonchev–Trinajstić information content (AvgIpc) is 3.44. The van der Waals surface area contributed by atoms with E-state index in [4.69, 9.17) is 21.3 Å². The van der Waals surface area contributed by atoms with Crippen molar-refractivity contribution >= 4 is 23.5 Å². The summed E-state index contributed by atoms with van der Waals surface area (Å²) in [6, 6.07) is 9.40. The molecule has 0 aromatic heterocycles. The van der Waals surface area contributed by atoms with E-state index in [0.29, 0.717) is 12.1 Å². The zero-order chi connectivity index (χ0) is 34.1. The second-order valence-electron chi connectivity index (χ2n) is 10.3. The average molecular weight is 659 g/mol. The maximum Gasteiger partial charge on any atom is 0.416 e. The molecule has 2 N–H and O–H groups in total. The number of allylic oxidation sites excluding steroid dienone is 2. The van der Waals surface area contributed by atoms with Crippen molar-refractivity contribution < 1.29 is 22.7 Å². The Balaban J connectivity index is 0.00000361. The van der Waals surface area contributed by atoms with Crippen LogP contribution < -0.4 is 15.4 Å². The molecular formula is C36H46ClF3N4O2. The van der Waals surface area contributed by atoms with Crippen LogP contribution in [0, 0.1) is 18.8 Å². The highest BCUT2D eigenvalue weighted by molar-refractivity contribution is 6.19. The Kier molecular flexibility index (Phi) is 16.5. The highest BCUT2D eigenvalue weighted by Gasteiger charge is 2.44. The van der Waals surface area contributed by atoms with Crippen molar-refractivity contribution in [2.24, 2.45) is 4.99 Å². The molecule has 2 amide bonds. The maximum absolute atomic E-state index is 14.1. The van der Waals surface area contributed by atoms with Crippen LogP contribution in [0.4, 0.5) is 18.0 Å². The summed E-state index contributed by atoms with van der Waals surface area (Å²) in [6.07, 6.45) is 3.38. The molecule has 6 nitrogen and oxygen atoms in total. The molecule has 0 bridgehead atoms. The van der Waals surface area contributed by atoms with Gasteiger partial charge in [0.25, 0.3) is 0 Å². The van der Waals surface area contributed by atoms with Gasteiger partial charge in [-0.2, -0.15) is 13.2 Å². The van der Waals surface area contributed by atoms with Gasteiger partial charge in [-0.1, -0.05) is 68.2 Å². The first kappa shape index (κ1) is 38.4. The summed E-state index contributed by atoms with van der Waals surface area (Å²) in [7, 11) is 1.89. The van der Waals surface area contributed by atoms with Gasteiger partial charge in [0, 0.05) is 12.4 Å². The van der Waals surface area contributed by atoms with Crippen molar-refractivity contribution in [1.82, 2.24) is 15.5 Å². The molecular weight excluding hydrogens is 613 g/mol. The zero-order valence-electron chi connectivity index (χ0n) is 27.6. The molecule has 46 heavy (non-hydrogen) atoms. The van der Waals surface area contributed by atoms with E-state index in [0.717, 1.165) is 49.1 Å². The second kappa shape index (κ2) is 19.7. The number of rotatable bonds is 13. The number of carbonyl (C=O) groups is 1. The van der Waals surface area contributed by atoms with Crippen LogP contribution in [0.25, 0.3) is 0 Å². The van der Waals surface area contributed by atoms with E-state index in [9.17, 15) is 18.0 Å². The first-order valence-corrected chi connectivity index (χ1v) is 16.2. The molecule has 1 aliphatic rings. The second-order valence-corrected chi connectivity index (χ2v) is 10.6. The monoisotopic (exact) mass is 658 g/mol. The Morgan fingerprint density at radius 1 is 1.11 bits per heavy atom. The van der Waals surface area contributed by atoms with Crippen molar-refractivity contribution in [2.45, 2.75) is 72.1 Å². The number of urea groups is 1. The fourth-order valence-corrected chi connectivity index (χ4v) is 5.01. The van der Waals surface area contributed by atoms with Crippen LogP contribution in [0.2, 0.25) is 0 Å². The van der Waals surface area contributed by atoms with E-state index < -0.39 is 29.9 Å². The highest BCUT2D eigenvalue weighted by Crippen LogP contribution is 2.41. The Bertz CT molecular complexity index is 1410. The number of hydrogen-bond acceptors (Lipinski definition) is 4. The van der Waals surface area contributed by atoms with Gasteiger partial charge in [-0.05, 0) is 82.6 Å². The predicted molar refractivity (Wildman–Crippen MR) is 183 cm³/mol. The minimum absolute atomic E-state index is 0.00979. The minimum Gasteiger partial charge on any atom is -0.493 e. The molecule has 0 saturated heterocycles. The maximum atomic E-state index is 14.1. The third-order valence-corrected chi connectivity index (χ3v) is 7.24. The van der Waals surface area contributed by atoms with Crippen molar-refractivity contribution in [3.05, 3.63) is 88.5 Å². The van der Waals surface area contributed by atoms with Crippen LogP contribution in [-0.4, -0.2) is 55.4 Å². The topological polar surface area (TPSA) is 66.0 Å². The lowest BCUT2D eigenvalue weighted by Crippen LogP contribution is -2.48. The van der Waals surface area contributed by atoms with Gasteiger partial charge in [0.2, 0.25) is 0 Å². The lowest BCUT2D eigenvalue weighted by molar-refractivity contribution is -0.137. The fraction of sp³-hybridized carbons (Fsp3) is 0.444. The lowest BCUT2D eigenvalue weighted by atomic mass is 9.92. The van der Waals surface area contributed by atoms with Crippen molar-refractivity contribution in [3.63, 3.8) is 0 Å². The van der Waals surface area contributed by atoms with Gasteiger partial charge in [0.15, 0.2) is 0 Å². The van der Waals surface area contributed by atoms with Crippen LogP contribution in [-0.2, 0) is 6.18 Å². The van der Waals surface area contributed by atoms with E-state index in [1.165, 1.54) is 11.0 Å². The molecule has 2 atom stereocenters. The van der Waals surface area contributed by atoms with E-state index in [1.54, 1.807) is 26.0 Å². The number of unbranched alkanes of at least 4 members (excludes halogenated alkanes) is 2. The molecule has 2 aromatic carbocycles. The first-order chi connectivity index (χ1) is 22.2. The number of aliphatic imine (C=N–C) groups is 1. The first-order valence-electron chi connectivity index (χ1n) is 15.7. The highest BCUT2D eigenvalue weighted by atomic mass is 35.5. The van der Waals surface area contributed by atoms with Crippen LogP contribution >= 0.6 is 11.6 Å². The predicted octanol–water partition coefficient (Wildman–Crippen LogP) is 8.45. The molecule has 1 heterocycles. The summed E-state index contributed by atoms with van der Waals surface area (Å²) in [5.74, 6) is 6.29. The number of alkyl halides is 4. The number of carbonyl (C=O) groups excluding carboxylic acids is 1. The number of aryl methyl sites for hydroxylation is 1. The van der Waals surface area contributed by atoms with Gasteiger partial charge in [0.05, 0.1) is 23.8 Å². The summed E-state index contributed by atoms with van der Waals surface area (Å²) in [6.45, 7) is 10.8. The largest absolute Gasteiger partial charge is 0.493 e. The molecule has 0 radical (unpaired) electrons. The summed E-state index contributed by atoms with van der Waals surface area (Å²) in [5.41, 5.74) is 2.00. The summed E-state index contributed by atoms with van der Waals surface area (Å²) < 4.78 is 46.8. The van der Waals surface area contributed by atoms with Gasteiger partial charge in [-0.3, -0.25) is 9.89 Å². The number of amidine groups is 1. The Labute approximate surface area is 277 Å². The molecule has 3 rings (SSSR count). The van der Waals surface area contributed by atoms with Gasteiger partial charge in [-0.25, -0.2) is 4.79 Å². The fourth-order valence-electron chi connectivity index (χ4n) is 4.92. The smallest absolute Gasteiger partial charge is 0.416 e. The Morgan fingerprint density at radius 3 is 2.41 bits per heavy atom. The molecule has 0 aliphatic carbocycles. The number of ether oxygens (including phenoxy) is 1. The molecule has 10 heteroatoms.